The maximum absolute atomic E-state index is 13.0. The monoisotopic (exact) mass is 472 g/mol. The average molecular weight is 473 g/mol. The minimum absolute atomic E-state index is 0.0733. The molecule has 0 spiro atoms. The first-order valence-corrected chi connectivity index (χ1v) is 11.8. The van der Waals surface area contributed by atoms with E-state index in [0.29, 0.717) is 29.2 Å². The minimum atomic E-state index is -0.362. The number of nitrogens with one attached hydrogen (secondary N) is 1. The van der Waals surface area contributed by atoms with Gasteiger partial charge in [-0.05, 0) is 57.4 Å². The van der Waals surface area contributed by atoms with Gasteiger partial charge in [0.2, 0.25) is 5.91 Å². The van der Waals surface area contributed by atoms with Crippen molar-refractivity contribution < 1.29 is 9.53 Å². The van der Waals surface area contributed by atoms with E-state index >= 15 is 0 Å². The van der Waals surface area contributed by atoms with E-state index in [1.165, 1.54) is 17.3 Å². The molecular weight excluding hydrogens is 444 g/mol. The second kappa shape index (κ2) is 11.0. The van der Waals surface area contributed by atoms with Crippen LogP contribution >= 0.6 is 23.4 Å². The van der Waals surface area contributed by atoms with Gasteiger partial charge in [-0.25, -0.2) is 0 Å². The van der Waals surface area contributed by atoms with Gasteiger partial charge in [-0.3, -0.25) is 4.79 Å². The number of hydrogen-bond donors (Lipinski definition) is 1. The van der Waals surface area contributed by atoms with E-state index in [9.17, 15) is 4.79 Å². The molecule has 0 aliphatic heterocycles. The zero-order valence-electron chi connectivity index (χ0n) is 19.1. The standard InChI is InChI=1S/C24H29ClN4O2S/c1-15-13-16(2)21(17(3)14-15)26-23(30)18(4)32-24-28-27-22(29(24)11-8-12-31-5)19-9-6-7-10-20(19)25/h6-7,9-10,13-14,18H,8,11-12H2,1-5H3,(H,26,30). The van der Waals surface area contributed by atoms with Crippen LogP contribution in [0.1, 0.15) is 30.0 Å². The zero-order chi connectivity index (χ0) is 23.3. The van der Waals surface area contributed by atoms with E-state index in [1.54, 1.807) is 7.11 Å². The molecular formula is C24H29ClN4O2S. The van der Waals surface area contributed by atoms with E-state index in [-0.39, 0.29) is 11.2 Å². The lowest BCUT2D eigenvalue weighted by atomic mass is 10.1. The number of rotatable bonds is 9. The van der Waals surface area contributed by atoms with E-state index in [2.05, 4.69) is 34.6 Å². The summed E-state index contributed by atoms with van der Waals surface area (Å²) in [6.45, 7) is 9.23. The SMILES string of the molecule is COCCCn1c(SC(C)C(=O)Nc2c(C)cc(C)cc2C)nnc1-c1ccccc1Cl. The number of benzene rings is 2. The molecule has 32 heavy (non-hydrogen) atoms. The van der Waals surface area contributed by atoms with Crippen LogP contribution < -0.4 is 5.32 Å². The summed E-state index contributed by atoms with van der Waals surface area (Å²) in [6, 6.07) is 11.7. The van der Waals surface area contributed by atoms with Gasteiger partial charge in [-0.15, -0.1) is 10.2 Å². The molecule has 1 unspecified atom stereocenters. The Morgan fingerprint density at radius 3 is 2.53 bits per heavy atom. The molecule has 0 radical (unpaired) electrons. The van der Waals surface area contributed by atoms with Crippen LogP contribution in [0.4, 0.5) is 5.69 Å². The number of aryl methyl sites for hydroxylation is 3. The van der Waals surface area contributed by atoms with Crippen molar-refractivity contribution in [2.45, 2.75) is 51.1 Å². The molecule has 3 rings (SSSR count). The van der Waals surface area contributed by atoms with Gasteiger partial charge in [-0.2, -0.15) is 0 Å². The highest BCUT2D eigenvalue weighted by molar-refractivity contribution is 8.00. The number of nitrogens with zero attached hydrogens (tertiary/aromatic N) is 3. The van der Waals surface area contributed by atoms with Gasteiger partial charge >= 0.3 is 0 Å². The molecule has 6 nitrogen and oxygen atoms in total. The predicted molar refractivity (Wildman–Crippen MR) is 132 cm³/mol. The number of halogens is 1. The lowest BCUT2D eigenvalue weighted by Gasteiger charge is -2.17. The average Bonchev–Trinajstić information content (AvgIpc) is 3.13. The van der Waals surface area contributed by atoms with Crippen molar-refractivity contribution in [3.05, 3.63) is 58.1 Å². The van der Waals surface area contributed by atoms with E-state index in [0.717, 1.165) is 28.8 Å². The fourth-order valence-electron chi connectivity index (χ4n) is 3.60. The molecule has 0 fully saturated rings. The largest absolute Gasteiger partial charge is 0.385 e. The summed E-state index contributed by atoms with van der Waals surface area (Å²) in [5.41, 5.74) is 4.96. The first-order valence-electron chi connectivity index (χ1n) is 10.5. The number of carbonyl (C=O) groups is 1. The second-order valence-corrected chi connectivity index (χ2v) is 9.52. The topological polar surface area (TPSA) is 69.0 Å². The van der Waals surface area contributed by atoms with Crippen molar-refractivity contribution in [1.82, 2.24) is 14.8 Å². The Labute approximate surface area is 198 Å². The first-order chi connectivity index (χ1) is 15.3. The molecule has 3 aromatic rings. The molecule has 0 aliphatic rings. The van der Waals surface area contributed by atoms with Crippen LogP contribution in [0.15, 0.2) is 41.6 Å². The molecule has 0 aliphatic carbocycles. The Kier molecular flexibility index (Phi) is 8.34. The minimum Gasteiger partial charge on any atom is -0.385 e. The van der Waals surface area contributed by atoms with E-state index in [4.69, 9.17) is 16.3 Å². The summed E-state index contributed by atoms with van der Waals surface area (Å²) in [5, 5.41) is 12.8. The Morgan fingerprint density at radius 1 is 1.19 bits per heavy atom. The fraction of sp³-hybridized carbons (Fsp3) is 0.375. The highest BCUT2D eigenvalue weighted by Crippen LogP contribution is 2.31. The molecule has 1 N–H and O–H groups in total. The molecule has 1 amide bonds. The molecule has 0 saturated heterocycles. The third-order valence-electron chi connectivity index (χ3n) is 5.14. The van der Waals surface area contributed by atoms with Crippen LogP contribution in [-0.2, 0) is 16.1 Å². The van der Waals surface area contributed by atoms with Crippen LogP contribution in [0.5, 0.6) is 0 Å². The van der Waals surface area contributed by atoms with Crippen molar-refractivity contribution >= 4 is 35.0 Å². The highest BCUT2D eigenvalue weighted by Gasteiger charge is 2.22. The van der Waals surface area contributed by atoms with Crippen LogP contribution in [0.3, 0.4) is 0 Å². The molecule has 1 heterocycles. The summed E-state index contributed by atoms with van der Waals surface area (Å²) >= 11 is 7.80. The quantitative estimate of drug-likeness (QED) is 0.320. The molecule has 1 aromatic heterocycles. The predicted octanol–water partition coefficient (Wildman–Crippen LogP) is 5.68. The second-order valence-electron chi connectivity index (χ2n) is 7.81. The van der Waals surface area contributed by atoms with E-state index < -0.39 is 0 Å². The lowest BCUT2D eigenvalue weighted by Crippen LogP contribution is -2.24. The van der Waals surface area contributed by atoms with Crippen LogP contribution in [0.2, 0.25) is 5.02 Å². The van der Waals surface area contributed by atoms with Crippen LogP contribution in [-0.4, -0.2) is 39.6 Å². The smallest absolute Gasteiger partial charge is 0.237 e. The van der Waals surface area contributed by atoms with Crippen LogP contribution in [0, 0.1) is 20.8 Å². The number of amides is 1. The molecule has 1 atom stereocenters. The summed E-state index contributed by atoms with van der Waals surface area (Å²) < 4.78 is 7.23. The number of aromatic nitrogens is 3. The maximum Gasteiger partial charge on any atom is 0.237 e. The molecule has 2 aromatic carbocycles. The first kappa shape index (κ1) is 24.3. The number of ether oxygens (including phenoxy) is 1. The molecule has 0 bridgehead atoms. The third-order valence-corrected chi connectivity index (χ3v) is 6.55. The van der Waals surface area contributed by atoms with Gasteiger partial charge in [0.1, 0.15) is 0 Å². The normalized spacial score (nSPS) is 12.1. The summed E-state index contributed by atoms with van der Waals surface area (Å²) in [6.07, 6.45) is 0.794. The number of anilines is 1. The third kappa shape index (κ3) is 5.71. The van der Waals surface area contributed by atoms with Crippen molar-refractivity contribution in [2.75, 3.05) is 19.0 Å². The van der Waals surface area contributed by atoms with E-state index in [1.807, 2.05) is 49.6 Å². The molecule has 0 saturated carbocycles. The van der Waals surface area contributed by atoms with Crippen molar-refractivity contribution in [3.8, 4) is 11.4 Å². The van der Waals surface area contributed by atoms with Gasteiger partial charge in [0.25, 0.3) is 0 Å². The summed E-state index contributed by atoms with van der Waals surface area (Å²) in [5.74, 6) is 0.614. The molecule has 170 valence electrons. The lowest BCUT2D eigenvalue weighted by molar-refractivity contribution is -0.115. The van der Waals surface area contributed by atoms with Gasteiger partial charge in [0.05, 0.1) is 10.3 Å². The molecule has 8 heteroatoms. The Hall–Kier alpha value is -2.35. The Balaban J connectivity index is 1.83. The van der Waals surface area contributed by atoms with Gasteiger partial charge in [0, 0.05) is 31.5 Å². The van der Waals surface area contributed by atoms with Crippen molar-refractivity contribution in [3.63, 3.8) is 0 Å². The Bertz CT molecular complexity index is 1080. The number of hydrogen-bond acceptors (Lipinski definition) is 5. The van der Waals surface area contributed by atoms with Crippen molar-refractivity contribution in [1.29, 1.82) is 0 Å². The van der Waals surface area contributed by atoms with Gasteiger partial charge in [-0.1, -0.05) is 53.2 Å². The summed E-state index contributed by atoms with van der Waals surface area (Å²) in [7, 11) is 1.68. The maximum atomic E-state index is 13.0. The van der Waals surface area contributed by atoms with Crippen molar-refractivity contribution in [2.24, 2.45) is 0 Å². The number of methoxy groups -OCH3 is 1. The number of thioether (sulfide) groups is 1. The van der Waals surface area contributed by atoms with Gasteiger partial charge < -0.3 is 14.6 Å². The highest BCUT2D eigenvalue weighted by atomic mass is 35.5. The fourth-order valence-corrected chi connectivity index (χ4v) is 4.70. The Morgan fingerprint density at radius 2 is 1.88 bits per heavy atom. The zero-order valence-corrected chi connectivity index (χ0v) is 20.7. The van der Waals surface area contributed by atoms with Gasteiger partial charge in [0.15, 0.2) is 11.0 Å². The number of carbonyl (C=O) groups excluding carboxylic acids is 1. The summed E-state index contributed by atoms with van der Waals surface area (Å²) in [4.78, 5) is 13.0. The van der Waals surface area contributed by atoms with Crippen LogP contribution in [0.25, 0.3) is 11.4 Å².